The number of nitro benzene ring substituents is 1. The predicted octanol–water partition coefficient (Wildman–Crippen LogP) is 3.05. The number of hydrogen-bond donors (Lipinski definition) is 2. The molecule has 1 aliphatic heterocycles. The Kier molecular flexibility index (Phi) is 6.18. The molecule has 0 radical (unpaired) electrons. The molecule has 126 valence electrons. The van der Waals surface area contributed by atoms with Gasteiger partial charge in [-0.1, -0.05) is 0 Å². The van der Waals surface area contributed by atoms with Crippen molar-refractivity contribution in [3.63, 3.8) is 0 Å². The molecular weight excluding hydrogens is 320 g/mol. The van der Waals surface area contributed by atoms with E-state index < -0.39 is 4.92 Å². The molecule has 0 bridgehead atoms. The average molecular weight is 341 g/mol. The first-order valence-corrected chi connectivity index (χ1v) is 7.70. The maximum absolute atomic E-state index is 10.7. The summed E-state index contributed by atoms with van der Waals surface area (Å²) in [5.41, 5.74) is 1.36. The standard InChI is InChI=1S/C15H20N4O3.ClH/c20-19(21)12-3-4-13-14(10-12)18-15(17-13)22-9-1-2-11-5-7-16-8-6-11;/h3-4,10-11,16H,1-2,5-9H2,(H,17,18);1H. The highest BCUT2D eigenvalue weighted by atomic mass is 35.5. The number of imidazole rings is 1. The summed E-state index contributed by atoms with van der Waals surface area (Å²) in [4.78, 5) is 17.6. The van der Waals surface area contributed by atoms with Crippen molar-refractivity contribution in [2.75, 3.05) is 19.7 Å². The van der Waals surface area contributed by atoms with Crippen LogP contribution in [0, 0.1) is 16.0 Å². The number of piperidine rings is 1. The van der Waals surface area contributed by atoms with Crippen LogP contribution in [0.3, 0.4) is 0 Å². The van der Waals surface area contributed by atoms with Gasteiger partial charge in [0.15, 0.2) is 0 Å². The highest BCUT2D eigenvalue weighted by molar-refractivity contribution is 5.85. The quantitative estimate of drug-likeness (QED) is 0.479. The van der Waals surface area contributed by atoms with Gasteiger partial charge in [0.05, 0.1) is 22.6 Å². The molecule has 2 N–H and O–H groups in total. The van der Waals surface area contributed by atoms with Gasteiger partial charge in [0, 0.05) is 12.1 Å². The number of nitrogens with one attached hydrogen (secondary N) is 2. The fourth-order valence-corrected chi connectivity index (χ4v) is 2.87. The summed E-state index contributed by atoms with van der Waals surface area (Å²) in [5.74, 6) is 0.795. The molecule has 1 aromatic heterocycles. The van der Waals surface area contributed by atoms with Crippen LogP contribution in [-0.2, 0) is 0 Å². The van der Waals surface area contributed by atoms with Crippen molar-refractivity contribution in [3.05, 3.63) is 28.3 Å². The van der Waals surface area contributed by atoms with Gasteiger partial charge in [-0.25, -0.2) is 0 Å². The van der Waals surface area contributed by atoms with E-state index in [1.165, 1.54) is 31.4 Å². The molecule has 2 aromatic rings. The number of benzene rings is 1. The Balaban J connectivity index is 0.00000192. The molecule has 0 atom stereocenters. The molecule has 0 unspecified atom stereocenters. The fourth-order valence-electron chi connectivity index (χ4n) is 2.87. The Morgan fingerprint density at radius 2 is 2.13 bits per heavy atom. The van der Waals surface area contributed by atoms with Gasteiger partial charge in [-0.2, -0.15) is 4.98 Å². The lowest BCUT2D eigenvalue weighted by Gasteiger charge is -2.22. The number of nitrogens with zero attached hydrogens (tertiary/aromatic N) is 2. The molecule has 8 heteroatoms. The number of H-pyrrole nitrogens is 1. The summed E-state index contributed by atoms with van der Waals surface area (Å²) in [6.45, 7) is 2.85. The zero-order valence-electron chi connectivity index (χ0n) is 12.8. The van der Waals surface area contributed by atoms with Gasteiger partial charge >= 0.3 is 0 Å². The second-order valence-electron chi connectivity index (χ2n) is 5.68. The third-order valence-electron chi connectivity index (χ3n) is 4.11. The maximum atomic E-state index is 10.7. The van der Waals surface area contributed by atoms with E-state index >= 15 is 0 Å². The van der Waals surface area contributed by atoms with Crippen LogP contribution < -0.4 is 10.1 Å². The Hall–Kier alpha value is -1.86. The number of halogens is 1. The van der Waals surface area contributed by atoms with Crippen LogP contribution in [0.25, 0.3) is 11.0 Å². The molecule has 0 amide bonds. The monoisotopic (exact) mass is 340 g/mol. The molecule has 0 saturated carbocycles. The number of nitro groups is 1. The predicted molar refractivity (Wildman–Crippen MR) is 90.3 cm³/mol. The van der Waals surface area contributed by atoms with Gasteiger partial charge in [-0.3, -0.25) is 10.1 Å². The minimum atomic E-state index is -0.417. The largest absolute Gasteiger partial charge is 0.465 e. The third-order valence-corrected chi connectivity index (χ3v) is 4.11. The van der Waals surface area contributed by atoms with Crippen LogP contribution >= 0.6 is 12.4 Å². The lowest BCUT2D eigenvalue weighted by molar-refractivity contribution is -0.384. The Bertz CT molecular complexity index is 655. The van der Waals surface area contributed by atoms with Crippen LogP contribution in [0.4, 0.5) is 5.69 Å². The molecule has 0 aliphatic carbocycles. The van der Waals surface area contributed by atoms with Gasteiger partial charge in [0.25, 0.3) is 11.7 Å². The van der Waals surface area contributed by atoms with Crippen LogP contribution in [0.5, 0.6) is 6.01 Å². The van der Waals surface area contributed by atoms with Crippen molar-refractivity contribution in [2.24, 2.45) is 5.92 Å². The smallest absolute Gasteiger partial charge is 0.294 e. The number of rotatable bonds is 6. The van der Waals surface area contributed by atoms with E-state index in [0.717, 1.165) is 25.4 Å². The first-order chi connectivity index (χ1) is 10.7. The summed E-state index contributed by atoms with van der Waals surface area (Å²) in [6.07, 6.45) is 4.66. The summed E-state index contributed by atoms with van der Waals surface area (Å²) < 4.78 is 5.63. The molecule has 3 rings (SSSR count). The van der Waals surface area contributed by atoms with Gasteiger partial charge in [0.2, 0.25) is 0 Å². The lowest BCUT2D eigenvalue weighted by Crippen LogP contribution is -2.27. The molecular formula is C15H21ClN4O3. The van der Waals surface area contributed by atoms with Crippen LogP contribution in [-0.4, -0.2) is 34.6 Å². The van der Waals surface area contributed by atoms with E-state index in [2.05, 4.69) is 15.3 Å². The summed E-state index contributed by atoms with van der Waals surface area (Å²) in [6, 6.07) is 4.99. The van der Waals surface area contributed by atoms with Crippen molar-refractivity contribution in [3.8, 4) is 6.01 Å². The van der Waals surface area contributed by atoms with Crippen molar-refractivity contribution in [1.29, 1.82) is 0 Å². The van der Waals surface area contributed by atoms with Crippen LogP contribution in [0.2, 0.25) is 0 Å². The summed E-state index contributed by atoms with van der Waals surface area (Å²) in [5, 5.41) is 14.1. The fraction of sp³-hybridized carbons (Fsp3) is 0.533. The van der Waals surface area contributed by atoms with Crippen molar-refractivity contribution >= 4 is 29.1 Å². The minimum absolute atomic E-state index is 0. The molecule has 23 heavy (non-hydrogen) atoms. The molecule has 0 spiro atoms. The minimum Gasteiger partial charge on any atom is -0.465 e. The molecule has 1 fully saturated rings. The highest BCUT2D eigenvalue weighted by Gasteiger charge is 2.13. The number of fused-ring (bicyclic) bond motifs is 1. The van der Waals surface area contributed by atoms with Crippen molar-refractivity contribution in [2.45, 2.75) is 25.7 Å². The molecule has 7 nitrogen and oxygen atoms in total. The first kappa shape index (κ1) is 17.5. The number of aromatic nitrogens is 2. The van der Waals surface area contributed by atoms with Crippen LogP contribution in [0.15, 0.2) is 18.2 Å². The van der Waals surface area contributed by atoms with E-state index in [0.29, 0.717) is 23.7 Å². The molecule has 2 heterocycles. The summed E-state index contributed by atoms with van der Waals surface area (Å²) in [7, 11) is 0. The number of non-ortho nitro benzene ring substituents is 1. The van der Waals surface area contributed by atoms with Crippen molar-refractivity contribution in [1.82, 2.24) is 15.3 Å². The van der Waals surface area contributed by atoms with E-state index in [-0.39, 0.29) is 18.1 Å². The van der Waals surface area contributed by atoms with E-state index in [1.807, 2.05) is 0 Å². The highest BCUT2D eigenvalue weighted by Crippen LogP contribution is 2.22. The Morgan fingerprint density at radius 1 is 1.35 bits per heavy atom. The van der Waals surface area contributed by atoms with E-state index in [1.54, 1.807) is 6.07 Å². The van der Waals surface area contributed by atoms with Crippen molar-refractivity contribution < 1.29 is 9.66 Å². The third kappa shape index (κ3) is 4.56. The zero-order chi connectivity index (χ0) is 15.4. The summed E-state index contributed by atoms with van der Waals surface area (Å²) >= 11 is 0. The SMILES string of the molecule is Cl.O=[N+]([O-])c1ccc2nc(OCCCC3CCNCC3)[nH]c2c1. The average Bonchev–Trinajstić information content (AvgIpc) is 2.94. The van der Waals surface area contributed by atoms with Gasteiger partial charge in [0.1, 0.15) is 0 Å². The van der Waals surface area contributed by atoms with Crippen LogP contribution in [0.1, 0.15) is 25.7 Å². The Morgan fingerprint density at radius 3 is 2.87 bits per heavy atom. The molecule has 1 aliphatic rings. The van der Waals surface area contributed by atoms with Gasteiger partial charge in [-0.15, -0.1) is 12.4 Å². The number of ether oxygens (including phenoxy) is 1. The van der Waals surface area contributed by atoms with E-state index in [4.69, 9.17) is 4.74 Å². The topological polar surface area (TPSA) is 93.1 Å². The molecule has 1 aromatic carbocycles. The Labute approximate surface area is 140 Å². The normalized spacial score (nSPS) is 15.3. The number of aromatic amines is 1. The molecule has 1 saturated heterocycles. The van der Waals surface area contributed by atoms with Gasteiger partial charge < -0.3 is 15.0 Å². The van der Waals surface area contributed by atoms with E-state index in [9.17, 15) is 10.1 Å². The second kappa shape index (κ2) is 8.12. The second-order valence-corrected chi connectivity index (χ2v) is 5.68. The van der Waals surface area contributed by atoms with Gasteiger partial charge in [-0.05, 0) is 50.8 Å². The first-order valence-electron chi connectivity index (χ1n) is 7.70. The maximum Gasteiger partial charge on any atom is 0.294 e. The number of hydrogen-bond acceptors (Lipinski definition) is 5. The zero-order valence-corrected chi connectivity index (χ0v) is 13.6. The lowest BCUT2D eigenvalue weighted by atomic mass is 9.93.